The maximum absolute atomic E-state index is 12.7. The zero-order valence-electron chi connectivity index (χ0n) is 16.4. The number of alkyl halides is 3. The van der Waals surface area contributed by atoms with E-state index in [1.807, 2.05) is 11.8 Å². The molecule has 1 aliphatic rings. The van der Waals surface area contributed by atoms with Crippen LogP contribution in [0.15, 0.2) is 34.7 Å². The van der Waals surface area contributed by atoms with Gasteiger partial charge in [0, 0.05) is 44.3 Å². The average molecular weight is 471 g/mol. The molecule has 1 fully saturated rings. The quantitative estimate of drug-likeness (QED) is 0.582. The molecule has 0 radical (unpaired) electrons. The average Bonchev–Trinajstić information content (AvgIpc) is 3.15. The molecule has 0 bridgehead atoms. The number of pyridine rings is 1. The first-order chi connectivity index (χ1) is 14.7. The molecule has 12 heteroatoms. The van der Waals surface area contributed by atoms with Gasteiger partial charge in [-0.1, -0.05) is 11.6 Å². The van der Waals surface area contributed by atoms with Crippen molar-refractivity contribution in [2.45, 2.75) is 19.6 Å². The highest BCUT2D eigenvalue weighted by atomic mass is 35.5. The molecule has 0 saturated carbocycles. The number of hydrogen-bond donors (Lipinski definition) is 0. The van der Waals surface area contributed by atoms with Crippen LogP contribution < -0.4 is 10.5 Å². The van der Waals surface area contributed by atoms with E-state index in [1.165, 1.54) is 6.20 Å². The SMILES string of the molecule is Cc1nc(CN2CCN(c3cnn(-c4ccc(C(F)(F)F)cn4)c(=O)c3Cl)CC2)cs1. The van der Waals surface area contributed by atoms with Crippen molar-refractivity contribution in [3.8, 4) is 5.82 Å². The summed E-state index contributed by atoms with van der Waals surface area (Å²) in [4.78, 5) is 25.1. The fourth-order valence-corrected chi connectivity index (χ4v) is 4.20. The molecular weight excluding hydrogens is 453 g/mol. The fourth-order valence-electron chi connectivity index (χ4n) is 3.34. The maximum atomic E-state index is 12.7. The number of hydrogen-bond acceptors (Lipinski definition) is 7. The van der Waals surface area contributed by atoms with Crippen LogP contribution in [0.25, 0.3) is 5.82 Å². The Labute approximate surface area is 184 Å². The monoisotopic (exact) mass is 470 g/mol. The smallest absolute Gasteiger partial charge is 0.366 e. The second kappa shape index (κ2) is 8.56. The van der Waals surface area contributed by atoms with Crippen LogP contribution in [0.1, 0.15) is 16.3 Å². The van der Waals surface area contributed by atoms with E-state index in [-0.39, 0.29) is 10.8 Å². The second-order valence-electron chi connectivity index (χ2n) is 7.08. The summed E-state index contributed by atoms with van der Waals surface area (Å²) in [5.74, 6) is -0.0326. The summed E-state index contributed by atoms with van der Waals surface area (Å²) in [5.41, 5.74) is 0.00534. The molecule has 31 heavy (non-hydrogen) atoms. The van der Waals surface area contributed by atoms with Gasteiger partial charge in [0.2, 0.25) is 0 Å². The van der Waals surface area contributed by atoms with Gasteiger partial charge < -0.3 is 4.90 Å². The summed E-state index contributed by atoms with van der Waals surface area (Å²) in [5, 5.41) is 7.13. The van der Waals surface area contributed by atoms with E-state index >= 15 is 0 Å². The Hall–Kier alpha value is -2.50. The van der Waals surface area contributed by atoms with Crippen LogP contribution in [0.2, 0.25) is 5.02 Å². The largest absolute Gasteiger partial charge is 0.417 e. The number of anilines is 1. The van der Waals surface area contributed by atoms with E-state index in [4.69, 9.17) is 11.6 Å². The molecule has 4 heterocycles. The maximum Gasteiger partial charge on any atom is 0.417 e. The Balaban J connectivity index is 1.47. The van der Waals surface area contributed by atoms with Crippen molar-refractivity contribution in [2.75, 3.05) is 31.1 Å². The van der Waals surface area contributed by atoms with Crippen LogP contribution >= 0.6 is 22.9 Å². The van der Waals surface area contributed by atoms with E-state index < -0.39 is 17.3 Å². The summed E-state index contributed by atoms with van der Waals surface area (Å²) >= 11 is 7.93. The molecule has 0 N–H and O–H groups in total. The predicted octanol–water partition coefficient (Wildman–Crippen LogP) is 3.39. The van der Waals surface area contributed by atoms with Crippen LogP contribution in [0.3, 0.4) is 0 Å². The summed E-state index contributed by atoms with van der Waals surface area (Å²) in [6, 6.07) is 1.94. The van der Waals surface area contributed by atoms with Crippen molar-refractivity contribution < 1.29 is 13.2 Å². The number of thiazole rings is 1. The standard InChI is InChI=1S/C19H18ClF3N6OS/c1-12-26-14(11-31-12)10-27-4-6-28(7-5-27)15-9-25-29(18(30)17(15)20)16-3-2-13(8-24-16)19(21,22)23/h2-3,8-9,11H,4-7,10H2,1H3. The third kappa shape index (κ3) is 4.73. The normalized spacial score (nSPS) is 15.5. The van der Waals surface area contributed by atoms with Gasteiger partial charge in [0.1, 0.15) is 5.02 Å². The number of aromatic nitrogens is 4. The molecule has 0 aromatic carbocycles. The number of halogens is 4. The molecular formula is C19H18ClF3N6OS. The van der Waals surface area contributed by atoms with Crippen LogP contribution in [0.5, 0.6) is 0 Å². The van der Waals surface area contributed by atoms with Crippen LogP contribution in [-0.2, 0) is 12.7 Å². The minimum Gasteiger partial charge on any atom is -0.366 e. The van der Waals surface area contributed by atoms with Gasteiger partial charge in [-0.05, 0) is 19.1 Å². The lowest BCUT2D eigenvalue weighted by atomic mass is 10.2. The van der Waals surface area contributed by atoms with Gasteiger partial charge in [0.25, 0.3) is 5.56 Å². The Kier molecular flexibility index (Phi) is 6.00. The number of rotatable bonds is 4. The summed E-state index contributed by atoms with van der Waals surface area (Å²) < 4.78 is 39.0. The highest BCUT2D eigenvalue weighted by Gasteiger charge is 2.31. The predicted molar refractivity (Wildman–Crippen MR) is 112 cm³/mol. The van der Waals surface area contributed by atoms with Gasteiger partial charge in [-0.15, -0.1) is 11.3 Å². The van der Waals surface area contributed by atoms with Crippen molar-refractivity contribution in [1.29, 1.82) is 0 Å². The van der Waals surface area contributed by atoms with E-state index in [2.05, 4.69) is 25.3 Å². The molecule has 0 atom stereocenters. The first-order valence-electron chi connectivity index (χ1n) is 9.42. The molecule has 7 nitrogen and oxygen atoms in total. The number of nitrogens with zero attached hydrogens (tertiary/aromatic N) is 6. The van der Waals surface area contributed by atoms with Gasteiger partial charge in [-0.2, -0.15) is 23.0 Å². The summed E-state index contributed by atoms with van der Waals surface area (Å²) in [6.45, 7) is 5.61. The lowest BCUT2D eigenvalue weighted by Crippen LogP contribution is -2.46. The lowest BCUT2D eigenvalue weighted by molar-refractivity contribution is -0.137. The molecule has 0 aliphatic carbocycles. The fraction of sp³-hybridized carbons (Fsp3) is 0.368. The summed E-state index contributed by atoms with van der Waals surface area (Å²) in [7, 11) is 0. The Bertz CT molecular complexity index is 1120. The third-order valence-corrected chi connectivity index (χ3v) is 6.14. The van der Waals surface area contributed by atoms with E-state index in [0.717, 1.165) is 47.2 Å². The van der Waals surface area contributed by atoms with E-state index in [0.29, 0.717) is 25.0 Å². The molecule has 3 aromatic heterocycles. The second-order valence-corrected chi connectivity index (χ2v) is 8.52. The van der Waals surface area contributed by atoms with Gasteiger partial charge in [-0.3, -0.25) is 9.69 Å². The molecule has 3 aromatic rings. The molecule has 164 valence electrons. The van der Waals surface area contributed by atoms with E-state index in [9.17, 15) is 18.0 Å². The minimum absolute atomic E-state index is 0.0326. The zero-order valence-corrected chi connectivity index (χ0v) is 18.0. The Morgan fingerprint density at radius 2 is 1.90 bits per heavy atom. The molecule has 4 rings (SSSR count). The lowest BCUT2D eigenvalue weighted by Gasteiger charge is -2.35. The van der Waals surface area contributed by atoms with Crippen molar-refractivity contribution in [1.82, 2.24) is 24.6 Å². The van der Waals surface area contributed by atoms with Crippen LogP contribution in [-0.4, -0.2) is 50.8 Å². The Morgan fingerprint density at radius 3 is 2.48 bits per heavy atom. The molecule has 0 unspecified atom stereocenters. The van der Waals surface area contributed by atoms with Gasteiger partial charge in [0.15, 0.2) is 5.82 Å². The number of aryl methyl sites for hydroxylation is 1. The topological polar surface area (TPSA) is 67.2 Å². The molecule has 1 aliphatic heterocycles. The molecule has 0 spiro atoms. The van der Waals surface area contributed by atoms with Crippen molar-refractivity contribution in [2.24, 2.45) is 0 Å². The number of piperazine rings is 1. The van der Waals surface area contributed by atoms with E-state index in [1.54, 1.807) is 11.3 Å². The highest BCUT2D eigenvalue weighted by molar-refractivity contribution is 7.09. The van der Waals surface area contributed by atoms with Crippen LogP contribution in [0.4, 0.5) is 18.9 Å². The molecule has 0 amide bonds. The Morgan fingerprint density at radius 1 is 1.16 bits per heavy atom. The first kappa shape index (κ1) is 21.7. The zero-order chi connectivity index (χ0) is 22.2. The molecule has 1 saturated heterocycles. The van der Waals surface area contributed by atoms with Gasteiger partial charge >= 0.3 is 6.18 Å². The van der Waals surface area contributed by atoms with Crippen LogP contribution in [0, 0.1) is 6.92 Å². The van der Waals surface area contributed by atoms with Gasteiger partial charge in [0.05, 0.1) is 28.1 Å². The minimum atomic E-state index is -4.51. The van der Waals surface area contributed by atoms with Crippen molar-refractivity contribution in [3.63, 3.8) is 0 Å². The first-order valence-corrected chi connectivity index (χ1v) is 10.7. The van der Waals surface area contributed by atoms with Crippen molar-refractivity contribution >= 4 is 28.6 Å². The van der Waals surface area contributed by atoms with Crippen molar-refractivity contribution in [3.05, 3.63) is 61.5 Å². The third-order valence-electron chi connectivity index (χ3n) is 4.96. The summed E-state index contributed by atoms with van der Waals surface area (Å²) in [6.07, 6.45) is -2.40. The van der Waals surface area contributed by atoms with Gasteiger partial charge in [-0.25, -0.2) is 9.97 Å². The highest BCUT2D eigenvalue weighted by Crippen LogP contribution is 2.29.